The van der Waals surface area contributed by atoms with Crippen molar-refractivity contribution in [2.24, 2.45) is 0 Å². The molecule has 0 heterocycles. The zero-order valence-electron chi connectivity index (χ0n) is 14.8. The van der Waals surface area contributed by atoms with E-state index in [0.717, 1.165) is 6.07 Å². The summed E-state index contributed by atoms with van der Waals surface area (Å²) in [6, 6.07) is 9.61. The fourth-order valence-corrected chi connectivity index (χ4v) is 2.68. The topological polar surface area (TPSA) is 98.5 Å². The Kier molecular flexibility index (Phi) is 7.05. The van der Waals surface area contributed by atoms with Crippen LogP contribution in [0.25, 0.3) is 0 Å². The number of thioether (sulfide) groups is 1. The van der Waals surface area contributed by atoms with Crippen LogP contribution in [0.4, 0.5) is 20.2 Å². The normalized spacial score (nSPS) is 11.8. The fraction of sp³-hybridized carbons (Fsp3) is 0.222. The summed E-state index contributed by atoms with van der Waals surface area (Å²) in [6.45, 7) is 2.88. The number of nitrogens with one attached hydrogen (secondary N) is 1. The third kappa shape index (κ3) is 5.74. The molecule has 0 aromatic heterocycles. The van der Waals surface area contributed by atoms with Gasteiger partial charge in [0.25, 0.3) is 17.4 Å². The van der Waals surface area contributed by atoms with Crippen LogP contribution in [0.5, 0.6) is 0 Å². The van der Waals surface area contributed by atoms with Gasteiger partial charge in [0.05, 0.1) is 10.5 Å². The molecule has 148 valence electrons. The van der Waals surface area contributed by atoms with E-state index in [9.17, 15) is 28.5 Å². The number of carbonyl (C=O) groups excluding carboxylic acids is 2. The lowest BCUT2D eigenvalue weighted by molar-refractivity contribution is -0.385. The lowest BCUT2D eigenvalue weighted by Gasteiger charge is -2.14. The Morgan fingerprint density at radius 2 is 1.82 bits per heavy atom. The smallest absolute Gasteiger partial charge is 0.339 e. The molecule has 2 aromatic carbocycles. The second kappa shape index (κ2) is 9.27. The van der Waals surface area contributed by atoms with Crippen LogP contribution in [0.3, 0.4) is 0 Å². The van der Waals surface area contributed by atoms with Gasteiger partial charge >= 0.3 is 5.97 Å². The van der Waals surface area contributed by atoms with Crippen LogP contribution in [0.15, 0.2) is 47.4 Å². The number of nitro benzene ring substituents is 1. The number of benzene rings is 2. The quantitative estimate of drug-likeness (QED) is 0.314. The third-order valence-corrected chi connectivity index (χ3v) is 4.36. The monoisotopic (exact) mass is 410 g/mol. The van der Waals surface area contributed by atoms with E-state index in [2.05, 4.69) is 5.32 Å². The zero-order valence-corrected chi connectivity index (χ0v) is 15.7. The molecule has 0 unspecified atom stereocenters. The molecule has 1 amide bonds. The van der Waals surface area contributed by atoms with Crippen LogP contribution in [0.2, 0.25) is 0 Å². The number of carbonyl (C=O) groups is 2. The molecule has 2 rings (SSSR count). The fourth-order valence-electron chi connectivity index (χ4n) is 2.18. The van der Waals surface area contributed by atoms with E-state index in [0.29, 0.717) is 27.9 Å². The first-order chi connectivity index (χ1) is 13.2. The molecule has 2 aromatic rings. The highest BCUT2D eigenvalue weighted by atomic mass is 32.2. The first-order valence-corrected chi connectivity index (χ1v) is 8.87. The SMILES string of the molecule is Cc1ccc(C(=O)O[C@H](C)C(=O)Nc2ccc(SC(F)F)cc2)cc1[N+](=O)[O-]. The summed E-state index contributed by atoms with van der Waals surface area (Å²) in [5.41, 5.74) is 0.455. The first-order valence-electron chi connectivity index (χ1n) is 7.99. The highest BCUT2D eigenvalue weighted by Crippen LogP contribution is 2.26. The predicted molar refractivity (Wildman–Crippen MR) is 99.6 cm³/mol. The van der Waals surface area contributed by atoms with Gasteiger partial charge in [-0.1, -0.05) is 17.8 Å². The minimum Gasteiger partial charge on any atom is -0.449 e. The summed E-state index contributed by atoms with van der Waals surface area (Å²) in [6.07, 6.45) is -1.18. The summed E-state index contributed by atoms with van der Waals surface area (Å²) in [4.78, 5) is 35.0. The Bertz CT molecular complexity index is 890. The van der Waals surface area contributed by atoms with Crippen LogP contribution in [-0.2, 0) is 9.53 Å². The molecule has 0 bridgehead atoms. The Morgan fingerprint density at radius 1 is 1.18 bits per heavy atom. The highest BCUT2D eigenvalue weighted by Gasteiger charge is 2.21. The van der Waals surface area contributed by atoms with Crippen LogP contribution in [0, 0.1) is 17.0 Å². The Morgan fingerprint density at radius 3 is 2.39 bits per heavy atom. The van der Waals surface area contributed by atoms with Crippen molar-refractivity contribution in [2.45, 2.75) is 30.6 Å². The lowest BCUT2D eigenvalue weighted by Crippen LogP contribution is -2.30. The van der Waals surface area contributed by atoms with E-state index in [-0.39, 0.29) is 11.3 Å². The molecule has 0 saturated carbocycles. The number of hydrogen-bond donors (Lipinski definition) is 1. The number of nitro groups is 1. The summed E-state index contributed by atoms with van der Waals surface area (Å²) in [5.74, 6) is -4.06. The predicted octanol–water partition coefficient (Wildman–Crippen LogP) is 4.40. The molecule has 0 radical (unpaired) electrons. The molecule has 0 spiro atoms. The number of ether oxygens (including phenoxy) is 1. The number of nitrogens with zero attached hydrogens (tertiary/aromatic N) is 1. The molecule has 1 atom stereocenters. The van der Waals surface area contributed by atoms with Crippen molar-refractivity contribution >= 4 is 35.0 Å². The van der Waals surface area contributed by atoms with Crippen LogP contribution >= 0.6 is 11.8 Å². The number of esters is 1. The van der Waals surface area contributed by atoms with Gasteiger partial charge in [0.2, 0.25) is 0 Å². The number of alkyl halides is 2. The zero-order chi connectivity index (χ0) is 20.8. The maximum absolute atomic E-state index is 12.3. The summed E-state index contributed by atoms with van der Waals surface area (Å²) < 4.78 is 29.6. The van der Waals surface area contributed by atoms with Crippen molar-refractivity contribution in [1.29, 1.82) is 0 Å². The highest BCUT2D eigenvalue weighted by molar-refractivity contribution is 7.99. The molecule has 28 heavy (non-hydrogen) atoms. The van der Waals surface area contributed by atoms with Crippen molar-refractivity contribution in [1.82, 2.24) is 0 Å². The Balaban J connectivity index is 1.99. The number of rotatable bonds is 7. The van der Waals surface area contributed by atoms with Gasteiger partial charge in [-0.2, -0.15) is 8.78 Å². The molecule has 0 fully saturated rings. The number of anilines is 1. The standard InChI is InChI=1S/C18H16F2N2O5S/c1-10-3-4-12(9-15(10)22(25)26)17(24)27-11(2)16(23)21-13-5-7-14(8-6-13)28-18(19)20/h3-9,11,18H,1-2H3,(H,21,23)/t11-/m1/s1. The van der Waals surface area contributed by atoms with Crippen molar-refractivity contribution in [3.05, 3.63) is 63.7 Å². The minimum atomic E-state index is -2.54. The molecular formula is C18H16F2N2O5S. The van der Waals surface area contributed by atoms with Gasteiger partial charge in [-0.05, 0) is 44.2 Å². The summed E-state index contributed by atoms with van der Waals surface area (Å²) in [5, 5.41) is 13.5. The molecule has 7 nitrogen and oxygen atoms in total. The van der Waals surface area contributed by atoms with E-state index in [1.54, 1.807) is 0 Å². The van der Waals surface area contributed by atoms with Gasteiger partial charge < -0.3 is 10.1 Å². The third-order valence-electron chi connectivity index (χ3n) is 3.64. The first kappa shape index (κ1) is 21.3. The van der Waals surface area contributed by atoms with E-state index in [4.69, 9.17) is 4.74 Å². The van der Waals surface area contributed by atoms with Gasteiger partial charge in [0.15, 0.2) is 6.10 Å². The molecule has 1 N–H and O–H groups in total. The molecule has 0 aliphatic carbocycles. The van der Waals surface area contributed by atoms with Gasteiger partial charge in [0, 0.05) is 22.2 Å². The van der Waals surface area contributed by atoms with Crippen LogP contribution in [-0.4, -0.2) is 28.7 Å². The maximum atomic E-state index is 12.3. The summed E-state index contributed by atoms with van der Waals surface area (Å²) >= 11 is 0.379. The average molecular weight is 410 g/mol. The number of aryl methyl sites for hydroxylation is 1. The number of amides is 1. The number of hydrogen-bond acceptors (Lipinski definition) is 6. The van der Waals surface area contributed by atoms with E-state index in [1.807, 2.05) is 0 Å². The van der Waals surface area contributed by atoms with Crippen LogP contribution < -0.4 is 5.32 Å². The molecular weight excluding hydrogens is 394 g/mol. The van der Waals surface area contributed by atoms with Gasteiger partial charge in [0.1, 0.15) is 0 Å². The Labute approximate surface area is 163 Å². The minimum absolute atomic E-state index is 0.0506. The Hall–Kier alpha value is -3.01. The molecule has 10 heteroatoms. The lowest BCUT2D eigenvalue weighted by atomic mass is 10.1. The second-order valence-electron chi connectivity index (χ2n) is 5.70. The average Bonchev–Trinajstić information content (AvgIpc) is 2.62. The van der Waals surface area contributed by atoms with Crippen molar-refractivity contribution < 1.29 is 28.0 Å². The van der Waals surface area contributed by atoms with Gasteiger partial charge in [-0.3, -0.25) is 14.9 Å². The van der Waals surface area contributed by atoms with Gasteiger partial charge in [-0.15, -0.1) is 0 Å². The van der Waals surface area contributed by atoms with E-state index >= 15 is 0 Å². The second-order valence-corrected chi connectivity index (χ2v) is 6.76. The largest absolute Gasteiger partial charge is 0.449 e. The molecule has 0 saturated heterocycles. The van der Waals surface area contributed by atoms with Crippen molar-refractivity contribution in [3.8, 4) is 0 Å². The number of halogens is 2. The van der Waals surface area contributed by atoms with Crippen molar-refractivity contribution in [3.63, 3.8) is 0 Å². The van der Waals surface area contributed by atoms with Gasteiger partial charge in [-0.25, -0.2) is 4.79 Å². The van der Waals surface area contributed by atoms with Crippen LogP contribution in [0.1, 0.15) is 22.8 Å². The van der Waals surface area contributed by atoms with Crippen molar-refractivity contribution in [2.75, 3.05) is 5.32 Å². The van der Waals surface area contributed by atoms with E-state index < -0.39 is 28.7 Å². The molecule has 0 aliphatic heterocycles. The molecule has 0 aliphatic rings. The van der Waals surface area contributed by atoms with E-state index in [1.165, 1.54) is 50.2 Å². The maximum Gasteiger partial charge on any atom is 0.339 e. The summed E-state index contributed by atoms with van der Waals surface area (Å²) in [7, 11) is 0.